The highest BCUT2D eigenvalue weighted by Gasteiger charge is 2.06. The van der Waals surface area contributed by atoms with E-state index in [4.69, 9.17) is 0 Å². The largest absolute Gasteiger partial charge is 0.291 e. The average molecular weight is 242 g/mol. The monoisotopic (exact) mass is 242 g/mol. The lowest BCUT2D eigenvalue weighted by atomic mass is 10.2. The Balaban J connectivity index is 1.97. The molecular weight excluding hydrogens is 228 g/mol. The number of aromatic nitrogens is 2. The van der Waals surface area contributed by atoms with Crippen LogP contribution in [0.15, 0.2) is 35.4 Å². The first-order chi connectivity index (χ1) is 8.65. The first-order valence-corrected chi connectivity index (χ1v) is 5.57. The topological polar surface area (TPSA) is 70.1 Å². The SMILES string of the molecule is Cc1cccc(/C=N\NC(=O)c2cc(C)[nH]n2)c1. The minimum Gasteiger partial charge on any atom is -0.282 e. The number of aromatic amines is 1. The van der Waals surface area contributed by atoms with E-state index in [9.17, 15) is 4.79 Å². The van der Waals surface area contributed by atoms with Crippen LogP contribution in [-0.2, 0) is 0 Å². The highest BCUT2D eigenvalue weighted by Crippen LogP contribution is 2.01. The maximum Gasteiger partial charge on any atom is 0.291 e. The molecule has 0 fully saturated rings. The molecule has 1 amide bonds. The lowest BCUT2D eigenvalue weighted by Gasteiger charge is -1.96. The van der Waals surface area contributed by atoms with Gasteiger partial charge in [-0.1, -0.05) is 29.8 Å². The molecule has 0 aliphatic carbocycles. The summed E-state index contributed by atoms with van der Waals surface area (Å²) in [7, 11) is 0. The maximum atomic E-state index is 11.6. The second kappa shape index (κ2) is 5.27. The Hall–Kier alpha value is -2.43. The van der Waals surface area contributed by atoms with Crippen molar-refractivity contribution in [1.29, 1.82) is 0 Å². The van der Waals surface area contributed by atoms with E-state index in [1.54, 1.807) is 12.3 Å². The molecule has 2 rings (SSSR count). The van der Waals surface area contributed by atoms with Crippen molar-refractivity contribution in [2.24, 2.45) is 5.10 Å². The fourth-order valence-corrected chi connectivity index (χ4v) is 1.51. The number of hydrogen-bond acceptors (Lipinski definition) is 3. The van der Waals surface area contributed by atoms with Crippen LogP contribution in [0, 0.1) is 13.8 Å². The minimum absolute atomic E-state index is 0.328. The quantitative estimate of drug-likeness (QED) is 0.636. The van der Waals surface area contributed by atoms with Crippen LogP contribution in [0.5, 0.6) is 0 Å². The summed E-state index contributed by atoms with van der Waals surface area (Å²) < 4.78 is 0. The third-order valence-corrected chi connectivity index (χ3v) is 2.36. The Morgan fingerprint density at radius 2 is 2.22 bits per heavy atom. The number of benzene rings is 1. The van der Waals surface area contributed by atoms with E-state index in [-0.39, 0.29) is 5.91 Å². The summed E-state index contributed by atoms with van der Waals surface area (Å²) in [4.78, 5) is 11.6. The van der Waals surface area contributed by atoms with Gasteiger partial charge in [0.05, 0.1) is 6.21 Å². The van der Waals surface area contributed by atoms with E-state index in [2.05, 4.69) is 20.7 Å². The number of amides is 1. The van der Waals surface area contributed by atoms with E-state index < -0.39 is 0 Å². The molecule has 2 aromatic rings. The molecule has 0 atom stereocenters. The molecule has 2 N–H and O–H groups in total. The summed E-state index contributed by atoms with van der Waals surface area (Å²) in [5.41, 5.74) is 5.68. The second-order valence-corrected chi connectivity index (χ2v) is 4.05. The highest BCUT2D eigenvalue weighted by molar-refractivity contribution is 5.93. The van der Waals surface area contributed by atoms with Gasteiger partial charge in [-0.2, -0.15) is 10.2 Å². The maximum absolute atomic E-state index is 11.6. The summed E-state index contributed by atoms with van der Waals surface area (Å²) >= 11 is 0. The molecule has 0 aliphatic rings. The molecule has 1 heterocycles. The summed E-state index contributed by atoms with van der Waals surface area (Å²) in [6.45, 7) is 3.84. The van der Waals surface area contributed by atoms with Gasteiger partial charge in [0.1, 0.15) is 0 Å². The number of nitrogens with one attached hydrogen (secondary N) is 2. The molecule has 0 radical (unpaired) electrons. The van der Waals surface area contributed by atoms with E-state index in [0.717, 1.165) is 16.8 Å². The molecule has 92 valence electrons. The fourth-order valence-electron chi connectivity index (χ4n) is 1.51. The number of nitrogens with zero attached hydrogens (tertiary/aromatic N) is 2. The highest BCUT2D eigenvalue weighted by atomic mass is 16.2. The Bertz CT molecular complexity index is 586. The van der Waals surface area contributed by atoms with E-state index in [1.807, 2.05) is 38.1 Å². The Morgan fingerprint density at radius 1 is 1.39 bits per heavy atom. The number of H-pyrrole nitrogens is 1. The fraction of sp³-hybridized carbons (Fsp3) is 0.154. The molecular formula is C13H14N4O. The molecule has 0 saturated carbocycles. The average Bonchev–Trinajstić information content (AvgIpc) is 2.76. The number of hydrazone groups is 1. The van der Waals surface area contributed by atoms with E-state index >= 15 is 0 Å². The van der Waals surface area contributed by atoms with Crippen LogP contribution < -0.4 is 5.43 Å². The van der Waals surface area contributed by atoms with Gasteiger partial charge in [-0.3, -0.25) is 9.89 Å². The molecule has 0 bridgehead atoms. The lowest BCUT2D eigenvalue weighted by molar-refractivity contribution is 0.0950. The first-order valence-electron chi connectivity index (χ1n) is 5.57. The second-order valence-electron chi connectivity index (χ2n) is 4.05. The van der Waals surface area contributed by atoms with Gasteiger partial charge in [-0.15, -0.1) is 0 Å². The number of carbonyl (C=O) groups is 1. The minimum atomic E-state index is -0.330. The van der Waals surface area contributed by atoms with Crippen LogP contribution in [0.3, 0.4) is 0 Å². The van der Waals surface area contributed by atoms with Crippen molar-refractivity contribution in [1.82, 2.24) is 15.6 Å². The van der Waals surface area contributed by atoms with Crippen molar-refractivity contribution in [3.8, 4) is 0 Å². The summed E-state index contributed by atoms with van der Waals surface area (Å²) in [5, 5.41) is 10.4. The van der Waals surface area contributed by atoms with Gasteiger partial charge in [0.15, 0.2) is 5.69 Å². The molecule has 18 heavy (non-hydrogen) atoms. The van der Waals surface area contributed by atoms with Crippen LogP contribution in [0.25, 0.3) is 0 Å². The van der Waals surface area contributed by atoms with Crippen molar-refractivity contribution >= 4 is 12.1 Å². The molecule has 1 aromatic heterocycles. The predicted molar refractivity (Wildman–Crippen MR) is 69.6 cm³/mol. The Morgan fingerprint density at radius 3 is 2.89 bits per heavy atom. The number of rotatable bonds is 3. The molecule has 5 nitrogen and oxygen atoms in total. The summed E-state index contributed by atoms with van der Waals surface area (Å²) in [5.74, 6) is -0.330. The van der Waals surface area contributed by atoms with Gasteiger partial charge >= 0.3 is 0 Å². The predicted octanol–water partition coefficient (Wildman–Crippen LogP) is 1.79. The molecule has 0 aliphatic heterocycles. The Kier molecular flexibility index (Phi) is 3.52. The van der Waals surface area contributed by atoms with Crippen molar-refractivity contribution in [2.45, 2.75) is 13.8 Å². The van der Waals surface area contributed by atoms with Crippen LogP contribution in [0.1, 0.15) is 27.3 Å². The van der Waals surface area contributed by atoms with Crippen molar-refractivity contribution < 1.29 is 4.79 Å². The molecule has 1 aromatic carbocycles. The van der Waals surface area contributed by atoms with Crippen LogP contribution in [0.4, 0.5) is 0 Å². The van der Waals surface area contributed by atoms with E-state index in [1.165, 1.54) is 0 Å². The molecule has 0 spiro atoms. The Labute approximate surface area is 105 Å². The van der Waals surface area contributed by atoms with Crippen LogP contribution in [0.2, 0.25) is 0 Å². The molecule has 0 saturated heterocycles. The first kappa shape index (κ1) is 12.0. The number of aryl methyl sites for hydroxylation is 2. The van der Waals surface area contributed by atoms with Crippen LogP contribution >= 0.6 is 0 Å². The number of hydrogen-bond donors (Lipinski definition) is 2. The van der Waals surface area contributed by atoms with Crippen molar-refractivity contribution in [3.05, 3.63) is 52.8 Å². The van der Waals surface area contributed by atoms with Gasteiger partial charge in [-0.05, 0) is 25.5 Å². The zero-order chi connectivity index (χ0) is 13.0. The van der Waals surface area contributed by atoms with Gasteiger partial charge in [0.2, 0.25) is 0 Å². The zero-order valence-corrected chi connectivity index (χ0v) is 10.3. The van der Waals surface area contributed by atoms with Gasteiger partial charge < -0.3 is 0 Å². The summed E-state index contributed by atoms with van der Waals surface area (Å²) in [6, 6.07) is 9.51. The van der Waals surface area contributed by atoms with Crippen molar-refractivity contribution in [3.63, 3.8) is 0 Å². The van der Waals surface area contributed by atoms with E-state index in [0.29, 0.717) is 5.69 Å². The molecule has 0 unspecified atom stereocenters. The third kappa shape index (κ3) is 3.04. The number of carbonyl (C=O) groups excluding carboxylic acids is 1. The third-order valence-electron chi connectivity index (χ3n) is 2.36. The van der Waals surface area contributed by atoms with Gasteiger partial charge in [0.25, 0.3) is 5.91 Å². The zero-order valence-electron chi connectivity index (χ0n) is 10.3. The molecule has 5 heteroatoms. The normalized spacial score (nSPS) is 10.8. The summed E-state index contributed by atoms with van der Waals surface area (Å²) in [6.07, 6.45) is 1.60. The van der Waals surface area contributed by atoms with Crippen molar-refractivity contribution in [2.75, 3.05) is 0 Å². The van der Waals surface area contributed by atoms with Gasteiger partial charge in [-0.25, -0.2) is 5.43 Å². The van der Waals surface area contributed by atoms with Crippen LogP contribution in [-0.4, -0.2) is 22.3 Å². The smallest absolute Gasteiger partial charge is 0.282 e. The standard InChI is InChI=1S/C13H14N4O/c1-9-4-3-5-11(6-9)8-14-17-13(18)12-7-10(2)15-16-12/h3-8H,1-2H3,(H,15,16)(H,17,18)/b14-8-. The lowest BCUT2D eigenvalue weighted by Crippen LogP contribution is -2.18. The van der Waals surface area contributed by atoms with Gasteiger partial charge in [0, 0.05) is 5.69 Å².